The highest BCUT2D eigenvalue weighted by atomic mass is 35.5. The van der Waals surface area contributed by atoms with Gasteiger partial charge < -0.3 is 27.4 Å². The second kappa shape index (κ2) is 9.28. The number of fused-ring (bicyclic) bond motifs is 1. The summed E-state index contributed by atoms with van der Waals surface area (Å²) in [7, 11) is 1.74. The first-order chi connectivity index (χ1) is 12.2. The van der Waals surface area contributed by atoms with Crippen LogP contribution < -0.4 is 22.5 Å². The van der Waals surface area contributed by atoms with E-state index in [0.717, 1.165) is 18.4 Å². The van der Waals surface area contributed by atoms with Crippen molar-refractivity contribution in [3.8, 4) is 18.1 Å². The molecule has 4 nitrogen and oxygen atoms in total. The number of terminal acetylenes is 1. The molecule has 0 spiro atoms. The zero-order valence-corrected chi connectivity index (χ0v) is 15.6. The smallest absolute Gasteiger partial charge is 0.415 e. The van der Waals surface area contributed by atoms with Crippen LogP contribution in [0.4, 0.5) is 4.79 Å². The van der Waals surface area contributed by atoms with E-state index in [-0.39, 0.29) is 18.5 Å². The summed E-state index contributed by atoms with van der Waals surface area (Å²) in [5.74, 6) is 3.25. The van der Waals surface area contributed by atoms with Crippen LogP contribution in [-0.2, 0) is 13.0 Å². The van der Waals surface area contributed by atoms with Crippen LogP contribution >= 0.6 is 0 Å². The van der Waals surface area contributed by atoms with Crippen molar-refractivity contribution in [2.45, 2.75) is 25.4 Å². The molecule has 0 bridgehead atoms. The minimum Gasteiger partial charge on any atom is -1.00 e. The molecule has 26 heavy (non-hydrogen) atoms. The number of nitrogens with zero attached hydrogens (tertiary/aromatic N) is 1. The van der Waals surface area contributed by atoms with Crippen LogP contribution in [0.5, 0.6) is 5.75 Å². The maximum absolute atomic E-state index is 12.3. The highest BCUT2D eigenvalue weighted by Gasteiger charge is 2.26. The fourth-order valence-electron chi connectivity index (χ4n) is 3.23. The molecule has 1 aliphatic rings. The van der Waals surface area contributed by atoms with E-state index in [4.69, 9.17) is 11.2 Å². The molecule has 136 valence electrons. The Morgan fingerprint density at radius 1 is 1.31 bits per heavy atom. The first kappa shape index (κ1) is 19.8. The number of ether oxygens (including phenoxy) is 1. The van der Waals surface area contributed by atoms with E-state index in [1.807, 2.05) is 42.5 Å². The van der Waals surface area contributed by atoms with E-state index in [0.29, 0.717) is 24.9 Å². The standard InChI is InChI=1S/C21H22N2O2.ClH/c1-3-13-22-20-12-10-17-9-11-18(14-19(17)20)25-21(24)23(2)15-16-7-5-4-6-8-16;/h1,4-9,11,14,20,22H,10,12-13,15H2,2H3;1H. The van der Waals surface area contributed by atoms with Gasteiger partial charge in [0.15, 0.2) is 0 Å². The number of nitrogens with two attached hydrogens (primary N) is 1. The Labute approximate surface area is 161 Å². The third-order valence-electron chi connectivity index (χ3n) is 4.54. The van der Waals surface area contributed by atoms with E-state index in [1.54, 1.807) is 11.9 Å². The van der Waals surface area contributed by atoms with Crippen LogP contribution in [0.1, 0.15) is 29.2 Å². The molecule has 0 heterocycles. The normalized spacial score (nSPS) is 14.7. The monoisotopic (exact) mass is 370 g/mol. The average molecular weight is 371 g/mol. The first-order valence-corrected chi connectivity index (χ1v) is 8.54. The first-order valence-electron chi connectivity index (χ1n) is 8.54. The van der Waals surface area contributed by atoms with Gasteiger partial charge >= 0.3 is 6.09 Å². The van der Waals surface area contributed by atoms with Gasteiger partial charge in [0.25, 0.3) is 0 Å². The summed E-state index contributed by atoms with van der Waals surface area (Å²) < 4.78 is 5.56. The van der Waals surface area contributed by atoms with E-state index in [1.165, 1.54) is 11.1 Å². The lowest BCUT2D eigenvalue weighted by Gasteiger charge is -2.17. The molecule has 1 unspecified atom stereocenters. The van der Waals surface area contributed by atoms with Gasteiger partial charge in [-0.3, -0.25) is 0 Å². The number of quaternary nitrogens is 1. The number of hydrogen-bond acceptors (Lipinski definition) is 2. The van der Waals surface area contributed by atoms with Gasteiger partial charge in [-0.25, -0.2) is 4.79 Å². The van der Waals surface area contributed by atoms with Gasteiger partial charge in [0.1, 0.15) is 18.3 Å². The Kier molecular flexibility index (Phi) is 7.08. The molecule has 0 saturated carbocycles. The second-order valence-corrected chi connectivity index (χ2v) is 6.36. The van der Waals surface area contributed by atoms with Crippen LogP contribution in [0.25, 0.3) is 0 Å². The van der Waals surface area contributed by atoms with Crippen molar-refractivity contribution in [2.75, 3.05) is 13.6 Å². The molecule has 3 rings (SSSR count). The zero-order valence-electron chi connectivity index (χ0n) is 14.8. The number of rotatable bonds is 5. The molecule has 0 aliphatic heterocycles. The van der Waals surface area contributed by atoms with Crippen molar-refractivity contribution in [1.29, 1.82) is 0 Å². The van der Waals surface area contributed by atoms with Crippen molar-refractivity contribution >= 4 is 6.09 Å². The van der Waals surface area contributed by atoms with Crippen molar-refractivity contribution in [3.05, 3.63) is 65.2 Å². The highest BCUT2D eigenvalue weighted by Crippen LogP contribution is 2.31. The lowest BCUT2D eigenvalue weighted by Crippen LogP contribution is -3.00. The Morgan fingerprint density at radius 2 is 2.08 bits per heavy atom. The minimum atomic E-state index is -0.356. The number of benzene rings is 2. The van der Waals surface area contributed by atoms with Crippen LogP contribution in [0.15, 0.2) is 48.5 Å². The van der Waals surface area contributed by atoms with Gasteiger partial charge in [-0.1, -0.05) is 36.4 Å². The van der Waals surface area contributed by atoms with Crippen molar-refractivity contribution in [2.24, 2.45) is 0 Å². The average Bonchev–Trinajstić information content (AvgIpc) is 3.03. The van der Waals surface area contributed by atoms with Crippen molar-refractivity contribution in [1.82, 2.24) is 4.90 Å². The molecule has 2 aromatic rings. The third kappa shape index (κ3) is 4.78. The maximum Gasteiger partial charge on any atom is 0.415 e. The van der Waals surface area contributed by atoms with Crippen LogP contribution in [0, 0.1) is 12.3 Å². The number of hydrogen-bond donors (Lipinski definition) is 1. The Bertz CT molecular complexity index is 786. The molecule has 2 N–H and O–H groups in total. The van der Waals surface area contributed by atoms with Gasteiger partial charge in [-0.05, 0) is 35.6 Å². The third-order valence-corrected chi connectivity index (χ3v) is 4.54. The lowest BCUT2D eigenvalue weighted by molar-refractivity contribution is -0.685. The van der Waals surface area contributed by atoms with Gasteiger partial charge in [0, 0.05) is 25.6 Å². The summed E-state index contributed by atoms with van der Waals surface area (Å²) in [4.78, 5) is 13.9. The largest absolute Gasteiger partial charge is 1.00 e. The van der Waals surface area contributed by atoms with Crippen molar-refractivity contribution in [3.63, 3.8) is 0 Å². The summed E-state index contributed by atoms with van der Waals surface area (Å²) in [6.45, 7) is 1.18. The van der Waals surface area contributed by atoms with E-state index in [2.05, 4.69) is 17.3 Å². The number of halogens is 1. The topological polar surface area (TPSA) is 46.1 Å². The Hall–Kier alpha value is -2.48. The molecule has 5 heteroatoms. The Morgan fingerprint density at radius 3 is 2.81 bits per heavy atom. The van der Waals surface area contributed by atoms with E-state index >= 15 is 0 Å². The summed E-state index contributed by atoms with van der Waals surface area (Å²) in [5.41, 5.74) is 3.61. The van der Waals surface area contributed by atoms with E-state index < -0.39 is 0 Å². The summed E-state index contributed by atoms with van der Waals surface area (Å²) in [6, 6.07) is 16.1. The fraction of sp³-hybridized carbons (Fsp3) is 0.286. The molecule has 0 radical (unpaired) electrons. The molecular formula is C21H23ClN2O2. The van der Waals surface area contributed by atoms with Gasteiger partial charge in [0.2, 0.25) is 0 Å². The molecule has 1 atom stereocenters. The van der Waals surface area contributed by atoms with Gasteiger partial charge in [-0.2, -0.15) is 0 Å². The maximum atomic E-state index is 12.3. The predicted molar refractivity (Wildman–Crippen MR) is 97.1 cm³/mol. The summed E-state index contributed by atoms with van der Waals surface area (Å²) in [6.07, 6.45) is 7.12. The molecule has 1 aliphatic carbocycles. The van der Waals surface area contributed by atoms with Gasteiger partial charge in [0.05, 0.1) is 0 Å². The van der Waals surface area contributed by atoms with Crippen LogP contribution in [-0.4, -0.2) is 24.6 Å². The van der Waals surface area contributed by atoms with Crippen LogP contribution in [0.3, 0.4) is 0 Å². The van der Waals surface area contributed by atoms with Gasteiger partial charge in [-0.15, -0.1) is 6.42 Å². The molecule has 2 aromatic carbocycles. The fourth-order valence-corrected chi connectivity index (χ4v) is 3.23. The van der Waals surface area contributed by atoms with Crippen molar-refractivity contribution < 1.29 is 27.3 Å². The highest BCUT2D eigenvalue weighted by molar-refractivity contribution is 5.70. The minimum absolute atomic E-state index is 0. The summed E-state index contributed by atoms with van der Waals surface area (Å²) in [5, 5.41) is 2.17. The second-order valence-electron chi connectivity index (χ2n) is 6.36. The number of amides is 1. The zero-order chi connectivity index (χ0) is 17.6. The predicted octanol–water partition coefficient (Wildman–Crippen LogP) is -0.495. The Balaban J connectivity index is 0.00000243. The SMILES string of the molecule is C#CC[NH2+]C1CCc2ccc(OC(=O)N(C)Cc3ccccc3)cc21.[Cl-]. The quantitative estimate of drug-likeness (QED) is 0.722. The molecule has 0 saturated heterocycles. The molecular weight excluding hydrogens is 348 g/mol. The van der Waals surface area contributed by atoms with Crippen LogP contribution in [0.2, 0.25) is 0 Å². The molecule has 1 amide bonds. The summed E-state index contributed by atoms with van der Waals surface area (Å²) >= 11 is 0. The number of carbonyl (C=O) groups excluding carboxylic acids is 1. The number of carbonyl (C=O) groups is 1. The molecule has 0 aromatic heterocycles. The number of aryl methyl sites for hydroxylation is 1. The van der Waals surface area contributed by atoms with E-state index in [9.17, 15) is 4.79 Å². The lowest BCUT2D eigenvalue weighted by atomic mass is 10.1. The molecule has 0 fully saturated rings.